The van der Waals surface area contributed by atoms with Gasteiger partial charge in [0.25, 0.3) is 0 Å². The van der Waals surface area contributed by atoms with E-state index in [1.165, 1.54) is 26.4 Å². The smallest absolute Gasteiger partial charge is 0.306 e. The highest BCUT2D eigenvalue weighted by Gasteiger charge is 2.27. The van der Waals surface area contributed by atoms with E-state index in [9.17, 15) is 19.1 Å². The Hall–Kier alpha value is -2.38. The first-order valence-corrected chi connectivity index (χ1v) is 7.61. The predicted molar refractivity (Wildman–Crippen MR) is 87.2 cm³/mol. The van der Waals surface area contributed by atoms with Crippen molar-refractivity contribution < 1.29 is 28.2 Å². The van der Waals surface area contributed by atoms with Crippen LogP contribution in [0.5, 0.6) is 5.75 Å². The number of methoxy groups -OCH3 is 2. The van der Waals surface area contributed by atoms with Crippen molar-refractivity contribution in [2.45, 2.75) is 18.9 Å². The van der Waals surface area contributed by atoms with Gasteiger partial charge in [-0.2, -0.15) is 0 Å². The molecule has 0 aliphatic heterocycles. The minimum atomic E-state index is -0.893. The Labute approximate surface area is 147 Å². The Morgan fingerprint density at radius 2 is 2.08 bits per heavy atom. The van der Waals surface area contributed by atoms with E-state index in [2.05, 4.69) is 4.74 Å². The molecule has 0 radical (unpaired) electrons. The molecule has 2 aromatic rings. The van der Waals surface area contributed by atoms with Gasteiger partial charge in [-0.05, 0) is 17.7 Å². The molecular weight excluding hydrogens is 355 g/mol. The third kappa shape index (κ3) is 4.37. The lowest BCUT2D eigenvalue weighted by Gasteiger charge is -2.17. The predicted octanol–water partition coefficient (Wildman–Crippen LogP) is 2.98. The Kier molecular flexibility index (Phi) is 6.17. The molecule has 134 valence electrons. The van der Waals surface area contributed by atoms with E-state index >= 15 is 0 Å². The third-order valence-corrected chi connectivity index (χ3v) is 3.84. The van der Waals surface area contributed by atoms with Gasteiger partial charge in [-0.1, -0.05) is 17.7 Å². The van der Waals surface area contributed by atoms with Crippen LogP contribution in [-0.2, 0) is 20.9 Å². The van der Waals surface area contributed by atoms with Gasteiger partial charge in [0.15, 0.2) is 5.76 Å². The highest BCUT2D eigenvalue weighted by molar-refractivity contribution is 6.30. The van der Waals surface area contributed by atoms with Crippen LogP contribution in [0.4, 0.5) is 4.39 Å². The molecule has 0 aliphatic carbocycles. The first-order valence-electron chi connectivity index (χ1n) is 7.24. The second-order valence-electron chi connectivity index (χ2n) is 5.23. The Balaban J connectivity index is 2.61. The summed E-state index contributed by atoms with van der Waals surface area (Å²) in [5.74, 6) is -2.76. The molecule has 0 spiro atoms. The minimum absolute atomic E-state index is 0.00234. The molecule has 0 saturated heterocycles. The molecule has 1 aromatic carbocycles. The van der Waals surface area contributed by atoms with Gasteiger partial charge in [0.05, 0.1) is 24.5 Å². The molecule has 0 unspecified atom stereocenters. The summed E-state index contributed by atoms with van der Waals surface area (Å²) >= 11 is 5.80. The summed E-state index contributed by atoms with van der Waals surface area (Å²) < 4.78 is 28.6. The van der Waals surface area contributed by atoms with Gasteiger partial charge in [-0.3, -0.25) is 9.59 Å². The number of rotatable bonds is 6. The Bertz CT molecular complexity index is 832. The molecule has 0 saturated carbocycles. The van der Waals surface area contributed by atoms with Crippen LogP contribution in [0.15, 0.2) is 33.5 Å². The normalized spacial score (nSPS) is 12.0. The second-order valence-corrected chi connectivity index (χ2v) is 5.64. The summed E-state index contributed by atoms with van der Waals surface area (Å²) in [6.07, 6.45) is -0.245. The number of halogens is 2. The zero-order valence-electron chi connectivity index (χ0n) is 13.5. The molecule has 0 bridgehead atoms. The molecule has 0 fully saturated rings. The second kappa shape index (κ2) is 8.13. The van der Waals surface area contributed by atoms with Crippen molar-refractivity contribution in [2.75, 3.05) is 14.2 Å². The minimum Gasteiger partial charge on any atom is -0.502 e. The fourth-order valence-electron chi connectivity index (χ4n) is 2.35. The lowest BCUT2D eigenvalue weighted by atomic mass is 9.92. The molecule has 8 heteroatoms. The topological polar surface area (TPSA) is 86.0 Å². The van der Waals surface area contributed by atoms with Crippen molar-refractivity contribution in [3.63, 3.8) is 0 Å². The van der Waals surface area contributed by atoms with Gasteiger partial charge in [-0.15, -0.1) is 0 Å². The molecule has 1 heterocycles. The molecule has 6 nitrogen and oxygen atoms in total. The standard InChI is InChI=1S/C17H16ClFO6/c1-23-8-10-6-14(20)16(22)17(25-10)11(7-15(21)24-2)9-3-4-13(19)12(18)5-9/h3-6,11,22H,7-8H2,1-2H3/t11-/m1/s1. The van der Waals surface area contributed by atoms with E-state index in [1.807, 2.05) is 0 Å². The number of ether oxygens (including phenoxy) is 2. The molecular formula is C17H16ClFO6. The van der Waals surface area contributed by atoms with Gasteiger partial charge in [0.2, 0.25) is 11.2 Å². The number of hydrogen-bond acceptors (Lipinski definition) is 6. The van der Waals surface area contributed by atoms with Crippen LogP contribution in [0, 0.1) is 5.82 Å². The Morgan fingerprint density at radius 1 is 1.36 bits per heavy atom. The number of esters is 1. The number of carbonyl (C=O) groups is 1. The molecule has 1 atom stereocenters. The van der Waals surface area contributed by atoms with Gasteiger partial charge in [-0.25, -0.2) is 4.39 Å². The molecule has 0 amide bonds. The maximum atomic E-state index is 13.4. The monoisotopic (exact) mass is 370 g/mol. The van der Waals surface area contributed by atoms with Crippen LogP contribution in [0.2, 0.25) is 5.02 Å². The van der Waals surface area contributed by atoms with Crippen LogP contribution in [0.3, 0.4) is 0 Å². The van der Waals surface area contributed by atoms with E-state index in [4.69, 9.17) is 20.8 Å². The maximum absolute atomic E-state index is 13.4. The van der Waals surface area contributed by atoms with Crippen molar-refractivity contribution in [3.05, 3.63) is 62.4 Å². The van der Waals surface area contributed by atoms with Crippen LogP contribution in [-0.4, -0.2) is 25.3 Å². The van der Waals surface area contributed by atoms with Crippen LogP contribution in [0.25, 0.3) is 0 Å². The van der Waals surface area contributed by atoms with E-state index < -0.39 is 28.9 Å². The highest BCUT2D eigenvalue weighted by atomic mass is 35.5. The van der Waals surface area contributed by atoms with Gasteiger partial charge in [0, 0.05) is 13.2 Å². The summed E-state index contributed by atoms with van der Waals surface area (Å²) in [5, 5.41) is 9.96. The van der Waals surface area contributed by atoms with Crippen molar-refractivity contribution in [3.8, 4) is 5.75 Å². The lowest BCUT2D eigenvalue weighted by molar-refractivity contribution is -0.140. The first kappa shape index (κ1) is 19.0. The van der Waals surface area contributed by atoms with Crippen molar-refractivity contribution >= 4 is 17.6 Å². The number of aromatic hydroxyl groups is 1. The van der Waals surface area contributed by atoms with E-state index in [0.29, 0.717) is 5.56 Å². The lowest BCUT2D eigenvalue weighted by Crippen LogP contribution is -2.14. The zero-order chi connectivity index (χ0) is 18.6. The van der Waals surface area contributed by atoms with Gasteiger partial charge >= 0.3 is 5.97 Å². The SMILES string of the molecule is COCc1cc(=O)c(O)c([C@H](CC(=O)OC)c2ccc(F)c(Cl)c2)o1. The van der Waals surface area contributed by atoms with E-state index in [0.717, 1.165) is 12.1 Å². The van der Waals surface area contributed by atoms with Crippen LogP contribution < -0.4 is 5.43 Å². The van der Waals surface area contributed by atoms with E-state index in [1.54, 1.807) is 0 Å². The summed E-state index contributed by atoms with van der Waals surface area (Å²) in [5.41, 5.74) is -0.304. The maximum Gasteiger partial charge on any atom is 0.306 e. The van der Waals surface area contributed by atoms with Crippen molar-refractivity contribution in [2.24, 2.45) is 0 Å². The van der Waals surface area contributed by atoms with Gasteiger partial charge < -0.3 is 19.0 Å². The summed E-state index contributed by atoms with van der Waals surface area (Å²) in [6.45, 7) is -0.00234. The number of carbonyl (C=O) groups excluding carboxylic acids is 1. The summed E-state index contributed by atoms with van der Waals surface area (Å²) in [7, 11) is 2.62. The van der Waals surface area contributed by atoms with Crippen molar-refractivity contribution in [1.82, 2.24) is 0 Å². The fraction of sp³-hybridized carbons (Fsp3) is 0.294. The van der Waals surface area contributed by atoms with Crippen LogP contribution in [0.1, 0.15) is 29.4 Å². The summed E-state index contributed by atoms with van der Waals surface area (Å²) in [4.78, 5) is 23.8. The Morgan fingerprint density at radius 3 is 2.68 bits per heavy atom. The first-order chi connectivity index (χ1) is 11.9. The fourth-order valence-corrected chi connectivity index (χ4v) is 2.53. The number of hydrogen-bond donors (Lipinski definition) is 1. The quantitative estimate of drug-likeness (QED) is 0.787. The van der Waals surface area contributed by atoms with E-state index in [-0.39, 0.29) is 29.6 Å². The highest BCUT2D eigenvalue weighted by Crippen LogP contribution is 2.35. The molecule has 1 aromatic heterocycles. The van der Waals surface area contributed by atoms with Gasteiger partial charge in [0.1, 0.15) is 18.2 Å². The molecule has 25 heavy (non-hydrogen) atoms. The third-order valence-electron chi connectivity index (χ3n) is 3.55. The zero-order valence-corrected chi connectivity index (χ0v) is 14.3. The van der Waals surface area contributed by atoms with Crippen LogP contribution >= 0.6 is 11.6 Å². The molecule has 2 rings (SSSR count). The summed E-state index contributed by atoms with van der Waals surface area (Å²) in [6, 6.07) is 4.90. The largest absolute Gasteiger partial charge is 0.502 e. The molecule has 0 aliphatic rings. The number of benzene rings is 1. The van der Waals surface area contributed by atoms with Crippen molar-refractivity contribution in [1.29, 1.82) is 0 Å². The average Bonchev–Trinajstić information content (AvgIpc) is 2.58. The molecule has 1 N–H and O–H groups in total. The average molecular weight is 371 g/mol.